The molecule has 0 saturated carbocycles. The number of hydrogen-bond acceptors (Lipinski definition) is 2. The van der Waals surface area contributed by atoms with Crippen molar-refractivity contribution in [2.75, 3.05) is 5.75 Å². The molecule has 1 nitrogen and oxygen atoms in total. The summed E-state index contributed by atoms with van der Waals surface area (Å²) in [4.78, 5) is 0. The summed E-state index contributed by atoms with van der Waals surface area (Å²) >= 11 is 1.98. The van der Waals surface area contributed by atoms with Crippen molar-refractivity contribution < 1.29 is 0 Å². The molecule has 1 rings (SSSR count). The lowest BCUT2D eigenvalue weighted by molar-refractivity contribution is 0.677. The van der Waals surface area contributed by atoms with Crippen LogP contribution in [0.1, 0.15) is 13.3 Å². The topological polar surface area (TPSA) is 26.0 Å². The van der Waals surface area contributed by atoms with Gasteiger partial charge in [0, 0.05) is 11.3 Å². The molecule has 0 radical (unpaired) electrons. The molecule has 0 aliphatic carbocycles. The van der Waals surface area contributed by atoms with Crippen LogP contribution < -0.4 is 5.73 Å². The number of nitrogens with two attached hydrogens (primary N) is 1. The maximum Gasteiger partial charge on any atom is 0.0171 e. The largest absolute Gasteiger partial charge is 0.327 e. The smallest absolute Gasteiger partial charge is 0.0171 e. The van der Waals surface area contributed by atoms with Crippen LogP contribution in [0.2, 0.25) is 0 Å². The lowest BCUT2D eigenvalue weighted by Gasteiger charge is -2.04. The molecule has 0 aromatic carbocycles. The highest BCUT2D eigenvalue weighted by Crippen LogP contribution is 2.23. The van der Waals surface area contributed by atoms with Gasteiger partial charge < -0.3 is 5.73 Å². The molecule has 42 valence electrons. The van der Waals surface area contributed by atoms with Crippen LogP contribution in [-0.4, -0.2) is 17.0 Å². The highest BCUT2D eigenvalue weighted by Gasteiger charge is 2.18. The van der Waals surface area contributed by atoms with Crippen LogP contribution in [0, 0.1) is 0 Å². The zero-order valence-electron chi connectivity index (χ0n) is 4.55. The first-order valence-electron chi connectivity index (χ1n) is 2.68. The Hall–Kier alpha value is 0.310. The number of rotatable bonds is 0. The molecular weight excluding hydrogens is 106 g/mol. The molecule has 0 aromatic rings. The molecule has 2 atom stereocenters. The van der Waals surface area contributed by atoms with Crippen molar-refractivity contribution >= 4 is 11.8 Å². The Balaban J connectivity index is 2.33. The Labute approximate surface area is 48.7 Å². The van der Waals surface area contributed by atoms with Gasteiger partial charge in [-0.15, -0.1) is 0 Å². The van der Waals surface area contributed by atoms with Gasteiger partial charge in [0.15, 0.2) is 0 Å². The van der Waals surface area contributed by atoms with Crippen molar-refractivity contribution in [2.45, 2.75) is 24.6 Å². The van der Waals surface area contributed by atoms with E-state index >= 15 is 0 Å². The first-order chi connectivity index (χ1) is 3.30. The molecule has 1 heterocycles. The van der Waals surface area contributed by atoms with E-state index in [1.807, 2.05) is 11.8 Å². The van der Waals surface area contributed by atoms with Gasteiger partial charge in [-0.3, -0.25) is 0 Å². The lowest BCUT2D eigenvalue weighted by Crippen LogP contribution is -2.24. The number of thioether (sulfide) groups is 1. The minimum atomic E-state index is 0.477. The van der Waals surface area contributed by atoms with E-state index in [9.17, 15) is 0 Å². The van der Waals surface area contributed by atoms with Crippen molar-refractivity contribution in [3.63, 3.8) is 0 Å². The van der Waals surface area contributed by atoms with Gasteiger partial charge in [-0.25, -0.2) is 0 Å². The Morgan fingerprint density at radius 2 is 2.43 bits per heavy atom. The van der Waals surface area contributed by atoms with Crippen molar-refractivity contribution in [1.82, 2.24) is 0 Å². The van der Waals surface area contributed by atoms with E-state index in [0.29, 0.717) is 11.3 Å². The van der Waals surface area contributed by atoms with Gasteiger partial charge in [-0.1, -0.05) is 6.92 Å². The van der Waals surface area contributed by atoms with Crippen molar-refractivity contribution in [3.05, 3.63) is 0 Å². The second-order valence-corrected chi connectivity index (χ2v) is 3.51. The molecule has 2 heteroatoms. The molecule has 0 aromatic heterocycles. The fraction of sp³-hybridized carbons (Fsp3) is 1.00. The summed E-state index contributed by atoms with van der Waals surface area (Å²) in [6.07, 6.45) is 1.21. The molecule has 1 aliphatic rings. The van der Waals surface area contributed by atoms with Gasteiger partial charge in [0.05, 0.1) is 0 Å². The van der Waals surface area contributed by atoms with Gasteiger partial charge >= 0.3 is 0 Å². The summed E-state index contributed by atoms with van der Waals surface area (Å²) in [5.41, 5.74) is 5.66. The Morgan fingerprint density at radius 1 is 1.71 bits per heavy atom. The molecule has 1 saturated heterocycles. The third kappa shape index (κ3) is 1.10. The SMILES string of the molecule is C[C@@H]1SCC[C@H]1N. The molecule has 1 aliphatic heterocycles. The lowest BCUT2D eigenvalue weighted by atomic mass is 10.2. The summed E-state index contributed by atoms with van der Waals surface area (Å²) in [6, 6.07) is 0.477. The predicted octanol–water partition coefficient (Wildman–Crippen LogP) is 0.839. The molecule has 2 N–H and O–H groups in total. The van der Waals surface area contributed by atoms with Crippen LogP contribution in [0.4, 0.5) is 0 Å². The van der Waals surface area contributed by atoms with Crippen LogP contribution in [-0.2, 0) is 0 Å². The fourth-order valence-corrected chi connectivity index (χ4v) is 1.91. The minimum Gasteiger partial charge on any atom is -0.327 e. The monoisotopic (exact) mass is 117 g/mol. The predicted molar refractivity (Wildman–Crippen MR) is 34.5 cm³/mol. The molecular formula is C5H11NS. The summed E-state index contributed by atoms with van der Waals surface area (Å²) in [7, 11) is 0. The van der Waals surface area contributed by atoms with E-state index < -0.39 is 0 Å². The Bertz CT molecular complexity index is 57.1. The quantitative estimate of drug-likeness (QED) is 0.509. The minimum absolute atomic E-state index is 0.477. The van der Waals surface area contributed by atoms with Crippen molar-refractivity contribution in [3.8, 4) is 0 Å². The second-order valence-electron chi connectivity index (χ2n) is 2.03. The maximum atomic E-state index is 5.66. The van der Waals surface area contributed by atoms with Crippen LogP contribution in [0.5, 0.6) is 0 Å². The third-order valence-corrected chi connectivity index (χ3v) is 2.78. The highest BCUT2D eigenvalue weighted by atomic mass is 32.2. The summed E-state index contributed by atoms with van der Waals surface area (Å²) in [6.45, 7) is 2.20. The first kappa shape index (κ1) is 5.45. The van der Waals surface area contributed by atoms with E-state index in [0.717, 1.165) is 0 Å². The van der Waals surface area contributed by atoms with E-state index in [2.05, 4.69) is 6.92 Å². The molecule has 0 unspecified atom stereocenters. The van der Waals surface area contributed by atoms with Gasteiger partial charge in [-0.2, -0.15) is 11.8 Å². The Morgan fingerprint density at radius 3 is 2.57 bits per heavy atom. The standard InChI is InChI=1S/C5H11NS/c1-4-5(6)2-3-7-4/h4-5H,2-3,6H2,1H3/t4-,5+/m0/s1. The summed E-state index contributed by atoms with van der Waals surface area (Å²) < 4.78 is 0. The zero-order chi connectivity index (χ0) is 5.28. The van der Waals surface area contributed by atoms with Crippen LogP contribution in [0.15, 0.2) is 0 Å². The van der Waals surface area contributed by atoms with Crippen LogP contribution in [0.25, 0.3) is 0 Å². The molecule has 1 fully saturated rings. The molecule has 0 bridgehead atoms. The fourth-order valence-electron chi connectivity index (χ4n) is 0.748. The Kier molecular flexibility index (Phi) is 1.60. The molecule has 0 spiro atoms. The van der Waals surface area contributed by atoms with E-state index in [-0.39, 0.29) is 0 Å². The van der Waals surface area contributed by atoms with Crippen molar-refractivity contribution in [1.29, 1.82) is 0 Å². The summed E-state index contributed by atoms with van der Waals surface area (Å²) in [5.74, 6) is 1.27. The third-order valence-electron chi connectivity index (χ3n) is 1.43. The van der Waals surface area contributed by atoms with Crippen molar-refractivity contribution in [2.24, 2.45) is 5.73 Å². The average molecular weight is 117 g/mol. The normalized spacial score (nSPS) is 42.0. The maximum absolute atomic E-state index is 5.66. The summed E-state index contributed by atoms with van der Waals surface area (Å²) in [5, 5.41) is 0.708. The zero-order valence-corrected chi connectivity index (χ0v) is 5.37. The van der Waals surface area contributed by atoms with E-state index in [1.165, 1.54) is 12.2 Å². The first-order valence-corrected chi connectivity index (χ1v) is 3.73. The van der Waals surface area contributed by atoms with E-state index in [4.69, 9.17) is 5.73 Å². The van der Waals surface area contributed by atoms with Crippen LogP contribution >= 0.6 is 11.8 Å². The second kappa shape index (κ2) is 2.05. The van der Waals surface area contributed by atoms with Gasteiger partial charge in [-0.05, 0) is 12.2 Å². The van der Waals surface area contributed by atoms with Gasteiger partial charge in [0.25, 0.3) is 0 Å². The van der Waals surface area contributed by atoms with Crippen LogP contribution in [0.3, 0.4) is 0 Å². The van der Waals surface area contributed by atoms with E-state index in [1.54, 1.807) is 0 Å². The van der Waals surface area contributed by atoms with Gasteiger partial charge in [0.1, 0.15) is 0 Å². The molecule has 7 heavy (non-hydrogen) atoms. The molecule has 0 amide bonds. The average Bonchev–Trinajstić information content (AvgIpc) is 1.91. The van der Waals surface area contributed by atoms with Gasteiger partial charge in [0.2, 0.25) is 0 Å². The number of hydrogen-bond donors (Lipinski definition) is 1. The highest BCUT2D eigenvalue weighted by molar-refractivity contribution is 8.00.